The summed E-state index contributed by atoms with van der Waals surface area (Å²) in [4.78, 5) is 11.9. The number of phenols is 1. The fourth-order valence-corrected chi connectivity index (χ4v) is 2.77. The number of amides is 1. The molecule has 0 radical (unpaired) electrons. The van der Waals surface area contributed by atoms with E-state index < -0.39 is 11.4 Å². The third-order valence-electron chi connectivity index (χ3n) is 4.01. The van der Waals surface area contributed by atoms with Gasteiger partial charge < -0.3 is 10.8 Å². The van der Waals surface area contributed by atoms with Gasteiger partial charge in [-0.3, -0.25) is 10.1 Å². The van der Waals surface area contributed by atoms with Crippen LogP contribution in [0.15, 0.2) is 24.3 Å². The number of nitrogens with two attached hydrogens (primary N) is 1. The lowest BCUT2D eigenvalue weighted by atomic mass is 9.87. The third kappa shape index (κ3) is 3.07. The second kappa shape index (κ2) is 5.61. The van der Waals surface area contributed by atoms with Crippen molar-refractivity contribution >= 4 is 5.91 Å². The van der Waals surface area contributed by atoms with E-state index in [-0.39, 0.29) is 5.75 Å². The quantitative estimate of drug-likeness (QED) is 0.777. The molecule has 1 aromatic carbocycles. The molecule has 19 heavy (non-hydrogen) atoms. The van der Waals surface area contributed by atoms with Gasteiger partial charge in [-0.15, -0.1) is 0 Å². The normalized spacial score (nSPS) is 19.8. The number of phenolic OH excluding ortho intramolecular Hbond substituents is 1. The van der Waals surface area contributed by atoms with Gasteiger partial charge in [0.05, 0.1) is 0 Å². The molecule has 0 aliphatic heterocycles. The number of hydrogen-bond donors (Lipinski definition) is 3. The van der Waals surface area contributed by atoms with Gasteiger partial charge in [0, 0.05) is 6.04 Å². The second-order valence-electron chi connectivity index (χ2n) is 5.52. The van der Waals surface area contributed by atoms with Gasteiger partial charge in [-0.2, -0.15) is 0 Å². The molecular formula is C15H22N2O2. The van der Waals surface area contributed by atoms with Crippen molar-refractivity contribution in [3.05, 3.63) is 29.8 Å². The maximum Gasteiger partial charge on any atom is 0.242 e. The molecule has 1 saturated carbocycles. The standard InChI is InChI=1S/C15H22N2O2/c1-15(14(16)19,11-6-5-9-13(18)10-11)17-12-7-3-2-4-8-12/h5-6,9-10,12,17-18H,2-4,7-8H2,1H3,(H2,16,19). The average Bonchev–Trinajstić information content (AvgIpc) is 2.39. The largest absolute Gasteiger partial charge is 0.508 e. The van der Waals surface area contributed by atoms with Crippen LogP contribution in [0.25, 0.3) is 0 Å². The molecule has 104 valence electrons. The number of hydrogen-bond acceptors (Lipinski definition) is 3. The van der Waals surface area contributed by atoms with E-state index in [1.165, 1.54) is 19.3 Å². The Bertz CT molecular complexity index is 455. The molecule has 4 N–H and O–H groups in total. The predicted octanol–water partition coefficient (Wildman–Crippen LogP) is 2.01. The summed E-state index contributed by atoms with van der Waals surface area (Å²) in [6, 6.07) is 7.05. The summed E-state index contributed by atoms with van der Waals surface area (Å²) in [5.41, 5.74) is 5.37. The van der Waals surface area contributed by atoms with Gasteiger partial charge in [0.1, 0.15) is 11.3 Å². The number of carbonyl (C=O) groups is 1. The van der Waals surface area contributed by atoms with Crippen molar-refractivity contribution in [2.24, 2.45) is 5.73 Å². The molecule has 1 atom stereocenters. The SMILES string of the molecule is CC(NC1CCCCC1)(C(N)=O)c1cccc(O)c1. The Morgan fingerprint density at radius 3 is 2.63 bits per heavy atom. The molecule has 1 aliphatic rings. The summed E-state index contributed by atoms with van der Waals surface area (Å²) < 4.78 is 0. The van der Waals surface area contributed by atoms with Crippen LogP contribution in [-0.2, 0) is 10.3 Å². The topological polar surface area (TPSA) is 75.3 Å². The Morgan fingerprint density at radius 1 is 1.37 bits per heavy atom. The zero-order valence-corrected chi connectivity index (χ0v) is 11.4. The minimum absolute atomic E-state index is 0.149. The van der Waals surface area contributed by atoms with Crippen molar-refractivity contribution in [2.45, 2.75) is 50.6 Å². The van der Waals surface area contributed by atoms with E-state index in [0.29, 0.717) is 11.6 Å². The first kappa shape index (κ1) is 13.9. The number of nitrogens with one attached hydrogen (secondary N) is 1. The van der Waals surface area contributed by atoms with Gasteiger partial charge in [0.15, 0.2) is 0 Å². The van der Waals surface area contributed by atoms with E-state index in [9.17, 15) is 9.90 Å². The summed E-state index contributed by atoms with van der Waals surface area (Å²) in [7, 11) is 0. The van der Waals surface area contributed by atoms with Gasteiger partial charge in [-0.05, 0) is 37.5 Å². The molecule has 0 bridgehead atoms. The second-order valence-corrected chi connectivity index (χ2v) is 5.52. The lowest BCUT2D eigenvalue weighted by molar-refractivity contribution is -0.124. The fraction of sp³-hybridized carbons (Fsp3) is 0.533. The van der Waals surface area contributed by atoms with Crippen molar-refractivity contribution in [2.75, 3.05) is 0 Å². The highest BCUT2D eigenvalue weighted by Crippen LogP contribution is 2.27. The van der Waals surface area contributed by atoms with Crippen molar-refractivity contribution in [1.29, 1.82) is 0 Å². The lowest BCUT2D eigenvalue weighted by Gasteiger charge is -2.34. The Hall–Kier alpha value is -1.55. The number of aromatic hydroxyl groups is 1. The molecule has 0 heterocycles. The summed E-state index contributed by atoms with van der Waals surface area (Å²) in [6.07, 6.45) is 5.78. The first-order valence-electron chi connectivity index (χ1n) is 6.89. The molecule has 1 aromatic rings. The molecule has 0 saturated heterocycles. The Morgan fingerprint density at radius 2 is 2.05 bits per heavy atom. The first-order chi connectivity index (χ1) is 9.02. The highest BCUT2D eigenvalue weighted by molar-refractivity contribution is 5.85. The highest BCUT2D eigenvalue weighted by Gasteiger charge is 2.35. The number of primary amides is 1. The van der Waals surface area contributed by atoms with E-state index in [0.717, 1.165) is 12.8 Å². The third-order valence-corrected chi connectivity index (χ3v) is 4.01. The lowest BCUT2D eigenvalue weighted by Crippen LogP contribution is -2.54. The molecule has 1 amide bonds. The van der Waals surface area contributed by atoms with E-state index in [4.69, 9.17) is 5.73 Å². The van der Waals surface area contributed by atoms with Crippen molar-refractivity contribution in [1.82, 2.24) is 5.32 Å². The predicted molar refractivity (Wildman–Crippen MR) is 74.7 cm³/mol. The summed E-state index contributed by atoms with van der Waals surface area (Å²) in [6.45, 7) is 1.79. The van der Waals surface area contributed by atoms with Crippen LogP contribution in [0.2, 0.25) is 0 Å². The van der Waals surface area contributed by atoms with Gasteiger partial charge >= 0.3 is 0 Å². The molecule has 4 heteroatoms. The Balaban J connectivity index is 2.24. The van der Waals surface area contributed by atoms with Gasteiger partial charge in [-0.25, -0.2) is 0 Å². The summed E-state index contributed by atoms with van der Waals surface area (Å²) >= 11 is 0. The van der Waals surface area contributed by atoms with Gasteiger partial charge in [-0.1, -0.05) is 31.4 Å². The van der Waals surface area contributed by atoms with E-state index in [2.05, 4.69) is 5.32 Å². The van der Waals surface area contributed by atoms with Crippen LogP contribution < -0.4 is 11.1 Å². The summed E-state index contributed by atoms with van der Waals surface area (Å²) in [5.74, 6) is -0.265. The number of benzene rings is 1. The van der Waals surface area contributed by atoms with Crippen LogP contribution in [0, 0.1) is 0 Å². The maximum atomic E-state index is 11.9. The zero-order chi connectivity index (χ0) is 13.9. The zero-order valence-electron chi connectivity index (χ0n) is 11.4. The van der Waals surface area contributed by atoms with Crippen LogP contribution in [0.5, 0.6) is 5.75 Å². The monoisotopic (exact) mass is 262 g/mol. The van der Waals surface area contributed by atoms with Crippen molar-refractivity contribution in [3.8, 4) is 5.75 Å². The molecular weight excluding hydrogens is 240 g/mol. The minimum Gasteiger partial charge on any atom is -0.508 e. The highest BCUT2D eigenvalue weighted by atomic mass is 16.3. The molecule has 2 rings (SSSR count). The minimum atomic E-state index is -0.930. The number of rotatable bonds is 4. The Labute approximate surface area is 114 Å². The summed E-state index contributed by atoms with van der Waals surface area (Å²) in [5, 5.41) is 13.0. The molecule has 4 nitrogen and oxygen atoms in total. The molecule has 0 aromatic heterocycles. The number of carbonyl (C=O) groups excluding carboxylic acids is 1. The molecule has 1 aliphatic carbocycles. The maximum absolute atomic E-state index is 11.9. The first-order valence-corrected chi connectivity index (χ1v) is 6.89. The van der Waals surface area contributed by atoms with E-state index >= 15 is 0 Å². The van der Waals surface area contributed by atoms with Gasteiger partial charge in [0.2, 0.25) is 5.91 Å². The van der Waals surface area contributed by atoms with Crippen LogP contribution in [0.1, 0.15) is 44.6 Å². The average molecular weight is 262 g/mol. The molecule has 1 unspecified atom stereocenters. The van der Waals surface area contributed by atoms with Crippen LogP contribution >= 0.6 is 0 Å². The van der Waals surface area contributed by atoms with Crippen molar-refractivity contribution < 1.29 is 9.90 Å². The molecule has 1 fully saturated rings. The Kier molecular flexibility index (Phi) is 4.10. The van der Waals surface area contributed by atoms with Crippen molar-refractivity contribution in [3.63, 3.8) is 0 Å². The van der Waals surface area contributed by atoms with E-state index in [1.807, 2.05) is 6.07 Å². The van der Waals surface area contributed by atoms with Gasteiger partial charge in [0.25, 0.3) is 0 Å². The van der Waals surface area contributed by atoms with Crippen LogP contribution in [0.4, 0.5) is 0 Å². The fourth-order valence-electron chi connectivity index (χ4n) is 2.77. The molecule has 0 spiro atoms. The van der Waals surface area contributed by atoms with E-state index in [1.54, 1.807) is 25.1 Å². The smallest absolute Gasteiger partial charge is 0.242 e. The van der Waals surface area contributed by atoms with Crippen LogP contribution in [-0.4, -0.2) is 17.1 Å². The van der Waals surface area contributed by atoms with Crippen LogP contribution in [0.3, 0.4) is 0 Å².